The van der Waals surface area contributed by atoms with Gasteiger partial charge in [-0.2, -0.15) is 0 Å². The molecule has 1 heterocycles. The van der Waals surface area contributed by atoms with E-state index in [1.807, 2.05) is 0 Å². The number of benzene rings is 1. The summed E-state index contributed by atoms with van der Waals surface area (Å²) >= 11 is 18.1. The molecule has 2 rings (SSSR count). The number of halogens is 3. The average Bonchev–Trinajstić information content (AvgIpc) is 2.65. The molecule has 1 aliphatic heterocycles. The van der Waals surface area contributed by atoms with Crippen molar-refractivity contribution in [1.82, 2.24) is 10.6 Å². The summed E-state index contributed by atoms with van der Waals surface area (Å²) in [7, 11) is 1.72. The summed E-state index contributed by atoms with van der Waals surface area (Å²) < 4.78 is 16.8. The third kappa shape index (κ3) is 8.32. The van der Waals surface area contributed by atoms with Gasteiger partial charge in [0.05, 0.1) is 22.7 Å². The SMILES string of the molecule is CN=C(NCCCOC1CCOCC1)NCCOc1c(Cl)cc(Cl)cc1Cl. The van der Waals surface area contributed by atoms with Gasteiger partial charge in [-0.25, -0.2) is 0 Å². The van der Waals surface area contributed by atoms with Crippen LogP contribution in [0.3, 0.4) is 0 Å². The first-order valence-electron chi connectivity index (χ1n) is 9.01. The molecule has 0 bridgehead atoms. The molecule has 152 valence electrons. The van der Waals surface area contributed by atoms with Gasteiger partial charge in [0.2, 0.25) is 0 Å². The van der Waals surface area contributed by atoms with E-state index in [0.29, 0.717) is 46.0 Å². The summed E-state index contributed by atoms with van der Waals surface area (Å²) in [5.74, 6) is 1.13. The smallest absolute Gasteiger partial charge is 0.191 e. The molecule has 9 heteroatoms. The minimum absolute atomic E-state index is 0.333. The van der Waals surface area contributed by atoms with Crippen molar-refractivity contribution in [2.45, 2.75) is 25.4 Å². The van der Waals surface area contributed by atoms with Crippen LogP contribution in [-0.4, -0.2) is 58.6 Å². The Hall–Kier alpha value is -0.920. The van der Waals surface area contributed by atoms with Crippen LogP contribution in [-0.2, 0) is 9.47 Å². The molecule has 0 amide bonds. The zero-order chi connectivity index (χ0) is 19.5. The first-order chi connectivity index (χ1) is 13.1. The molecule has 0 unspecified atom stereocenters. The number of hydrogen-bond donors (Lipinski definition) is 2. The normalized spacial score (nSPS) is 15.6. The molecule has 1 fully saturated rings. The highest BCUT2D eigenvalue weighted by atomic mass is 35.5. The van der Waals surface area contributed by atoms with E-state index in [-0.39, 0.29) is 0 Å². The number of nitrogens with one attached hydrogen (secondary N) is 2. The second-order valence-corrected chi connectivity index (χ2v) is 7.26. The van der Waals surface area contributed by atoms with Gasteiger partial charge in [-0.05, 0) is 31.4 Å². The molecule has 2 N–H and O–H groups in total. The molecule has 0 atom stereocenters. The standard InChI is InChI=1S/C18H26Cl3N3O3/c1-22-18(23-5-2-7-26-14-3-8-25-9-4-14)24-6-10-27-17-15(20)11-13(19)12-16(17)21/h11-12,14H,2-10H2,1H3,(H2,22,23,24). The fraction of sp³-hybridized carbons (Fsp3) is 0.611. The van der Waals surface area contributed by atoms with Crippen molar-refractivity contribution in [3.05, 3.63) is 27.2 Å². The average molecular weight is 439 g/mol. The zero-order valence-electron chi connectivity index (χ0n) is 15.4. The number of rotatable bonds is 9. The molecule has 0 aliphatic carbocycles. The monoisotopic (exact) mass is 437 g/mol. The Morgan fingerprint density at radius 3 is 2.44 bits per heavy atom. The van der Waals surface area contributed by atoms with Crippen LogP contribution < -0.4 is 15.4 Å². The molecule has 27 heavy (non-hydrogen) atoms. The van der Waals surface area contributed by atoms with E-state index in [0.717, 1.165) is 45.6 Å². The van der Waals surface area contributed by atoms with Crippen LogP contribution in [0.15, 0.2) is 17.1 Å². The molecule has 6 nitrogen and oxygen atoms in total. The van der Waals surface area contributed by atoms with Gasteiger partial charge >= 0.3 is 0 Å². The van der Waals surface area contributed by atoms with Gasteiger partial charge in [-0.15, -0.1) is 0 Å². The number of nitrogens with zero attached hydrogens (tertiary/aromatic N) is 1. The van der Waals surface area contributed by atoms with Crippen molar-refractivity contribution in [2.75, 3.05) is 46.6 Å². The van der Waals surface area contributed by atoms with Crippen molar-refractivity contribution in [3.8, 4) is 5.75 Å². The van der Waals surface area contributed by atoms with Crippen molar-refractivity contribution in [1.29, 1.82) is 0 Å². The third-order valence-corrected chi connectivity index (χ3v) is 4.74. The fourth-order valence-electron chi connectivity index (χ4n) is 2.58. The Morgan fingerprint density at radius 2 is 1.78 bits per heavy atom. The predicted octanol–water partition coefficient (Wildman–Crippen LogP) is 3.78. The van der Waals surface area contributed by atoms with Gasteiger partial charge in [0, 0.05) is 38.4 Å². The summed E-state index contributed by atoms with van der Waals surface area (Å²) in [6.45, 7) is 4.04. The van der Waals surface area contributed by atoms with Crippen LogP contribution in [0.5, 0.6) is 5.75 Å². The van der Waals surface area contributed by atoms with Gasteiger partial charge in [0.25, 0.3) is 0 Å². The molecular weight excluding hydrogens is 413 g/mol. The topological polar surface area (TPSA) is 64.1 Å². The van der Waals surface area contributed by atoms with Crippen molar-refractivity contribution in [2.24, 2.45) is 4.99 Å². The molecule has 1 aromatic carbocycles. The fourth-order valence-corrected chi connectivity index (χ4v) is 3.51. The predicted molar refractivity (Wildman–Crippen MR) is 111 cm³/mol. The largest absolute Gasteiger partial charge is 0.489 e. The molecule has 0 saturated carbocycles. The molecule has 1 saturated heterocycles. The summed E-state index contributed by atoms with van der Waals surface area (Å²) in [6.07, 6.45) is 3.21. The Kier molecular flexibility index (Phi) is 10.4. The summed E-state index contributed by atoms with van der Waals surface area (Å²) in [6, 6.07) is 3.20. The minimum atomic E-state index is 0.333. The van der Waals surface area contributed by atoms with E-state index in [4.69, 9.17) is 49.0 Å². The van der Waals surface area contributed by atoms with E-state index in [1.165, 1.54) is 0 Å². The van der Waals surface area contributed by atoms with Gasteiger partial charge < -0.3 is 24.8 Å². The van der Waals surface area contributed by atoms with Crippen molar-refractivity contribution in [3.63, 3.8) is 0 Å². The molecule has 0 spiro atoms. The molecular formula is C18H26Cl3N3O3. The van der Waals surface area contributed by atoms with Gasteiger partial charge in [-0.1, -0.05) is 34.8 Å². The maximum absolute atomic E-state index is 6.09. The highest BCUT2D eigenvalue weighted by molar-refractivity contribution is 6.40. The van der Waals surface area contributed by atoms with Gasteiger partial charge in [0.15, 0.2) is 11.7 Å². The Balaban J connectivity index is 1.57. The van der Waals surface area contributed by atoms with E-state index < -0.39 is 0 Å². The molecule has 1 aliphatic rings. The van der Waals surface area contributed by atoms with Crippen molar-refractivity contribution < 1.29 is 14.2 Å². The Labute approximate surface area is 175 Å². The summed E-state index contributed by atoms with van der Waals surface area (Å²) in [5, 5.41) is 7.67. The quantitative estimate of drug-likeness (QED) is 0.349. The number of hydrogen-bond acceptors (Lipinski definition) is 4. The highest BCUT2D eigenvalue weighted by Crippen LogP contribution is 2.35. The maximum Gasteiger partial charge on any atom is 0.191 e. The van der Waals surface area contributed by atoms with Crippen molar-refractivity contribution >= 4 is 40.8 Å². The molecule has 0 radical (unpaired) electrons. The van der Waals surface area contributed by atoms with E-state index >= 15 is 0 Å². The summed E-state index contributed by atoms with van der Waals surface area (Å²) in [5.41, 5.74) is 0. The Bertz CT molecular complexity index is 588. The van der Waals surface area contributed by atoms with Crippen LogP contribution >= 0.6 is 34.8 Å². The van der Waals surface area contributed by atoms with Crippen LogP contribution in [0.1, 0.15) is 19.3 Å². The first-order valence-corrected chi connectivity index (χ1v) is 10.1. The molecule has 1 aromatic rings. The zero-order valence-corrected chi connectivity index (χ0v) is 17.7. The minimum Gasteiger partial charge on any atom is -0.489 e. The lowest BCUT2D eigenvalue weighted by molar-refractivity contribution is -0.0320. The second kappa shape index (κ2) is 12.5. The van der Waals surface area contributed by atoms with E-state index in [2.05, 4.69) is 15.6 Å². The summed E-state index contributed by atoms with van der Waals surface area (Å²) in [4.78, 5) is 4.18. The van der Waals surface area contributed by atoms with Crippen LogP contribution in [0, 0.1) is 0 Å². The number of guanidine groups is 1. The van der Waals surface area contributed by atoms with Gasteiger partial charge in [-0.3, -0.25) is 4.99 Å². The Morgan fingerprint density at radius 1 is 1.11 bits per heavy atom. The molecule has 0 aromatic heterocycles. The van der Waals surface area contributed by atoms with Gasteiger partial charge in [0.1, 0.15) is 6.61 Å². The lowest BCUT2D eigenvalue weighted by Gasteiger charge is -2.22. The maximum atomic E-state index is 6.09. The first kappa shape index (κ1) is 22.4. The second-order valence-electron chi connectivity index (χ2n) is 6.01. The highest BCUT2D eigenvalue weighted by Gasteiger charge is 2.13. The lowest BCUT2D eigenvalue weighted by atomic mass is 10.1. The lowest BCUT2D eigenvalue weighted by Crippen LogP contribution is -2.40. The number of ether oxygens (including phenoxy) is 3. The van der Waals surface area contributed by atoms with E-state index in [9.17, 15) is 0 Å². The van der Waals surface area contributed by atoms with Crippen LogP contribution in [0.4, 0.5) is 0 Å². The number of aliphatic imine (C=N–C) groups is 1. The van der Waals surface area contributed by atoms with Crippen LogP contribution in [0.25, 0.3) is 0 Å². The third-order valence-electron chi connectivity index (χ3n) is 3.96. The van der Waals surface area contributed by atoms with E-state index in [1.54, 1.807) is 19.2 Å². The van der Waals surface area contributed by atoms with Crippen LogP contribution in [0.2, 0.25) is 15.1 Å².